The van der Waals surface area contributed by atoms with Crippen molar-refractivity contribution >= 4 is 11.6 Å². The van der Waals surface area contributed by atoms with Crippen LogP contribution in [0.25, 0.3) is 0 Å². The van der Waals surface area contributed by atoms with Gasteiger partial charge in [-0.25, -0.2) is 0 Å². The van der Waals surface area contributed by atoms with Gasteiger partial charge in [0.2, 0.25) is 0 Å². The van der Waals surface area contributed by atoms with E-state index in [9.17, 15) is 0 Å². The summed E-state index contributed by atoms with van der Waals surface area (Å²) in [5.41, 5.74) is 1.02. The molecule has 0 heterocycles. The molecule has 1 fully saturated rings. The van der Waals surface area contributed by atoms with Crippen LogP contribution in [0.15, 0.2) is 18.2 Å². The lowest BCUT2D eigenvalue weighted by Gasteiger charge is -2.29. The van der Waals surface area contributed by atoms with E-state index in [0.717, 1.165) is 35.7 Å². The molecule has 0 atom stereocenters. The molecule has 1 aliphatic carbocycles. The molecule has 0 spiro atoms. The summed E-state index contributed by atoms with van der Waals surface area (Å²) in [4.78, 5) is 0. The summed E-state index contributed by atoms with van der Waals surface area (Å²) in [6, 6.07) is 6.32. The van der Waals surface area contributed by atoms with Crippen molar-refractivity contribution in [2.45, 2.75) is 51.4 Å². The Balaban J connectivity index is 1.83. The zero-order valence-electron chi connectivity index (χ0n) is 12.3. The number of methoxy groups -OCH3 is 1. The number of hydrogen-bond acceptors (Lipinski definition) is 3. The summed E-state index contributed by atoms with van der Waals surface area (Å²) in [5.74, 6) is 0.843. The second-order valence-corrected chi connectivity index (χ2v) is 5.73. The molecule has 0 aliphatic heterocycles. The van der Waals surface area contributed by atoms with E-state index >= 15 is 0 Å². The maximum absolute atomic E-state index is 6.03. The van der Waals surface area contributed by atoms with Gasteiger partial charge in [-0.15, -0.1) is 0 Å². The van der Waals surface area contributed by atoms with Gasteiger partial charge in [0.15, 0.2) is 0 Å². The first-order chi connectivity index (χ1) is 9.72. The average Bonchev–Trinajstić information content (AvgIpc) is 2.47. The van der Waals surface area contributed by atoms with Crippen molar-refractivity contribution in [2.75, 3.05) is 13.7 Å². The second kappa shape index (κ2) is 7.87. The summed E-state index contributed by atoms with van der Waals surface area (Å²) in [6.07, 6.45) is 5.01. The third kappa shape index (κ3) is 4.37. The van der Waals surface area contributed by atoms with Crippen LogP contribution in [0.5, 0.6) is 5.75 Å². The fourth-order valence-electron chi connectivity index (χ4n) is 2.79. The summed E-state index contributed by atoms with van der Waals surface area (Å²) in [5, 5.41) is 4.23. The van der Waals surface area contributed by atoms with Crippen LogP contribution in [0.1, 0.15) is 38.2 Å². The SMILES string of the molecule is CCNC1CCC(OCc2cc(Cl)ccc2OC)CC1. The van der Waals surface area contributed by atoms with E-state index in [1.54, 1.807) is 7.11 Å². The molecule has 112 valence electrons. The summed E-state index contributed by atoms with van der Waals surface area (Å²) in [6.45, 7) is 3.78. The van der Waals surface area contributed by atoms with Crippen molar-refractivity contribution in [2.24, 2.45) is 0 Å². The molecule has 0 radical (unpaired) electrons. The third-order valence-corrected chi connectivity index (χ3v) is 4.12. The van der Waals surface area contributed by atoms with Crippen LogP contribution in [-0.4, -0.2) is 25.8 Å². The Hall–Kier alpha value is -0.770. The molecule has 0 bridgehead atoms. The maximum atomic E-state index is 6.03. The van der Waals surface area contributed by atoms with Crippen LogP contribution in [0, 0.1) is 0 Å². The van der Waals surface area contributed by atoms with Crippen LogP contribution < -0.4 is 10.1 Å². The Morgan fingerprint density at radius 3 is 2.65 bits per heavy atom. The first-order valence-corrected chi connectivity index (χ1v) is 7.78. The molecule has 0 aromatic heterocycles. The molecule has 20 heavy (non-hydrogen) atoms. The quantitative estimate of drug-likeness (QED) is 0.866. The molecule has 1 saturated carbocycles. The Bertz CT molecular complexity index is 417. The van der Waals surface area contributed by atoms with Crippen LogP contribution in [-0.2, 0) is 11.3 Å². The monoisotopic (exact) mass is 297 g/mol. The number of nitrogens with one attached hydrogen (secondary N) is 1. The van der Waals surface area contributed by atoms with Crippen molar-refractivity contribution in [1.82, 2.24) is 5.32 Å². The Kier molecular flexibility index (Phi) is 6.14. The Morgan fingerprint density at radius 1 is 1.25 bits per heavy atom. The van der Waals surface area contributed by atoms with Crippen LogP contribution in [0.3, 0.4) is 0 Å². The van der Waals surface area contributed by atoms with Crippen molar-refractivity contribution < 1.29 is 9.47 Å². The van der Waals surface area contributed by atoms with Gasteiger partial charge in [-0.1, -0.05) is 18.5 Å². The predicted molar refractivity (Wildman–Crippen MR) is 82.5 cm³/mol. The molecular weight excluding hydrogens is 274 g/mol. The lowest BCUT2D eigenvalue weighted by molar-refractivity contribution is 0.0107. The minimum atomic E-state index is 0.355. The number of rotatable bonds is 6. The average molecular weight is 298 g/mol. The lowest BCUT2D eigenvalue weighted by atomic mass is 9.93. The number of benzene rings is 1. The molecule has 4 heteroatoms. The highest BCUT2D eigenvalue weighted by atomic mass is 35.5. The zero-order chi connectivity index (χ0) is 14.4. The minimum Gasteiger partial charge on any atom is -0.496 e. The first-order valence-electron chi connectivity index (χ1n) is 7.40. The third-order valence-electron chi connectivity index (χ3n) is 3.88. The second-order valence-electron chi connectivity index (χ2n) is 5.30. The molecule has 3 nitrogen and oxygen atoms in total. The lowest BCUT2D eigenvalue weighted by Crippen LogP contribution is -2.35. The van der Waals surface area contributed by atoms with Gasteiger partial charge >= 0.3 is 0 Å². The fourth-order valence-corrected chi connectivity index (χ4v) is 2.98. The molecule has 2 rings (SSSR count). The van der Waals surface area contributed by atoms with Gasteiger partial charge in [0, 0.05) is 16.6 Å². The predicted octanol–water partition coefficient (Wildman–Crippen LogP) is 3.79. The van der Waals surface area contributed by atoms with E-state index in [0.29, 0.717) is 18.8 Å². The fraction of sp³-hybridized carbons (Fsp3) is 0.625. The minimum absolute atomic E-state index is 0.355. The van der Waals surface area contributed by atoms with E-state index in [1.165, 1.54) is 12.8 Å². The molecule has 1 N–H and O–H groups in total. The smallest absolute Gasteiger partial charge is 0.124 e. The molecule has 0 unspecified atom stereocenters. The largest absolute Gasteiger partial charge is 0.496 e. The van der Waals surface area contributed by atoms with Crippen LogP contribution >= 0.6 is 11.6 Å². The van der Waals surface area contributed by atoms with E-state index < -0.39 is 0 Å². The summed E-state index contributed by atoms with van der Waals surface area (Å²) >= 11 is 6.03. The van der Waals surface area contributed by atoms with Gasteiger partial charge in [0.25, 0.3) is 0 Å². The van der Waals surface area contributed by atoms with E-state index in [2.05, 4.69) is 12.2 Å². The highest BCUT2D eigenvalue weighted by Gasteiger charge is 2.21. The van der Waals surface area contributed by atoms with Crippen LogP contribution in [0.4, 0.5) is 0 Å². The van der Waals surface area contributed by atoms with E-state index in [1.807, 2.05) is 18.2 Å². The highest BCUT2D eigenvalue weighted by Crippen LogP contribution is 2.26. The number of hydrogen-bond donors (Lipinski definition) is 1. The zero-order valence-corrected chi connectivity index (χ0v) is 13.1. The van der Waals surface area contributed by atoms with Gasteiger partial charge in [-0.2, -0.15) is 0 Å². The Morgan fingerprint density at radius 2 is 2.00 bits per heavy atom. The van der Waals surface area contributed by atoms with Crippen molar-refractivity contribution in [3.05, 3.63) is 28.8 Å². The maximum Gasteiger partial charge on any atom is 0.124 e. The van der Waals surface area contributed by atoms with Gasteiger partial charge in [-0.05, 0) is 50.4 Å². The molecular formula is C16H24ClNO2. The molecule has 1 aromatic rings. The topological polar surface area (TPSA) is 30.5 Å². The highest BCUT2D eigenvalue weighted by molar-refractivity contribution is 6.30. The summed E-state index contributed by atoms with van der Waals surface area (Å²) in [7, 11) is 1.67. The molecule has 1 aromatic carbocycles. The van der Waals surface area contributed by atoms with E-state index in [4.69, 9.17) is 21.1 Å². The van der Waals surface area contributed by atoms with Crippen LogP contribution in [0.2, 0.25) is 5.02 Å². The van der Waals surface area contributed by atoms with Crippen molar-refractivity contribution in [3.63, 3.8) is 0 Å². The number of ether oxygens (including phenoxy) is 2. The number of halogens is 1. The van der Waals surface area contributed by atoms with Gasteiger partial charge in [-0.3, -0.25) is 0 Å². The first kappa shape index (κ1) is 15.6. The normalized spacial score (nSPS) is 22.8. The van der Waals surface area contributed by atoms with E-state index in [-0.39, 0.29) is 0 Å². The summed E-state index contributed by atoms with van der Waals surface area (Å²) < 4.78 is 11.4. The molecule has 1 aliphatic rings. The molecule has 0 amide bonds. The van der Waals surface area contributed by atoms with Gasteiger partial charge in [0.1, 0.15) is 5.75 Å². The van der Waals surface area contributed by atoms with Gasteiger partial charge in [0.05, 0.1) is 19.8 Å². The van der Waals surface area contributed by atoms with Gasteiger partial charge < -0.3 is 14.8 Å². The Labute approximate surface area is 126 Å². The molecule has 0 saturated heterocycles. The van der Waals surface area contributed by atoms with Crippen molar-refractivity contribution in [3.8, 4) is 5.75 Å². The van der Waals surface area contributed by atoms with Crippen molar-refractivity contribution in [1.29, 1.82) is 0 Å². The standard InChI is InChI=1S/C16H24ClNO2/c1-3-18-14-5-7-15(8-6-14)20-11-12-10-13(17)4-9-16(12)19-2/h4,9-10,14-15,18H,3,5-8,11H2,1-2H3.